The third-order valence-corrected chi connectivity index (χ3v) is 12.1. The van der Waals surface area contributed by atoms with Crippen LogP contribution >= 0.6 is 23.8 Å². The zero-order chi connectivity index (χ0) is 21.6. The van der Waals surface area contributed by atoms with Gasteiger partial charge in [-0.15, -0.1) is 23.8 Å². The first-order valence-corrected chi connectivity index (χ1v) is 22.6. The molecule has 0 atom stereocenters. The van der Waals surface area contributed by atoms with E-state index in [-0.39, 0.29) is 17.1 Å². The summed E-state index contributed by atoms with van der Waals surface area (Å²) in [6, 6.07) is 0. The minimum atomic E-state index is -0.736. The first-order valence-electron chi connectivity index (χ1n) is 10.9. The quantitative estimate of drug-likeness (QED) is 0.193. The third-order valence-electron chi connectivity index (χ3n) is 4.02. The molecule has 0 bridgehead atoms. The fourth-order valence-corrected chi connectivity index (χ4v) is 6.04. The standard InChI is InChI=1S/3C6H15P.C3H9SeSi.Cu/c3*1-4-7(5-2)6-3;1-5(2,3)4;/h3*4-6H2,1-3H3;1-3H3;/q;;;-1;+1. The molecule has 0 aliphatic heterocycles. The molecule has 0 aliphatic carbocycles. The van der Waals surface area contributed by atoms with E-state index in [4.69, 9.17) is 0 Å². The predicted molar refractivity (Wildman–Crippen MR) is 145 cm³/mol. The second-order valence-electron chi connectivity index (χ2n) is 6.97. The molecule has 0 fully saturated rings. The molecule has 0 aromatic rings. The molecule has 0 aliphatic rings. The molecule has 0 heterocycles. The topological polar surface area (TPSA) is 0 Å². The van der Waals surface area contributed by atoms with Gasteiger partial charge in [0.2, 0.25) is 0 Å². The van der Waals surface area contributed by atoms with Gasteiger partial charge in [0.05, 0.1) is 0 Å². The van der Waals surface area contributed by atoms with Crippen molar-refractivity contribution in [3.05, 3.63) is 0 Å². The van der Waals surface area contributed by atoms with Crippen molar-refractivity contribution in [2.75, 3.05) is 55.5 Å². The summed E-state index contributed by atoms with van der Waals surface area (Å²) >= 11 is 3.12. The Morgan fingerprint density at radius 1 is 0.444 bits per heavy atom. The molecule has 0 aromatic heterocycles. The molecule has 0 nitrogen and oxygen atoms in total. The van der Waals surface area contributed by atoms with Crippen LogP contribution in [0.15, 0.2) is 0 Å². The van der Waals surface area contributed by atoms with E-state index < -0.39 is 6.68 Å². The molecule has 0 spiro atoms. The Bertz CT molecular complexity index is 179. The maximum Gasteiger partial charge on any atom is 1.00 e. The van der Waals surface area contributed by atoms with Crippen LogP contribution in [0, 0.1) is 0 Å². The average molecular weight is 570 g/mol. The van der Waals surface area contributed by atoms with Gasteiger partial charge in [0, 0.05) is 0 Å². The molecule has 0 aromatic carbocycles. The summed E-state index contributed by atoms with van der Waals surface area (Å²) in [6.07, 6.45) is 12.8. The second-order valence-corrected chi connectivity index (χ2v) is 28.6. The minimum Gasteiger partial charge on any atom is 1.00 e. The van der Waals surface area contributed by atoms with Crippen LogP contribution < -0.4 is 0 Å². The fourth-order valence-electron chi connectivity index (χ4n) is 2.01. The second kappa shape index (κ2) is 30.7. The van der Waals surface area contributed by atoms with Crippen molar-refractivity contribution in [3.63, 3.8) is 0 Å². The van der Waals surface area contributed by atoms with E-state index in [1.165, 1.54) is 55.5 Å². The van der Waals surface area contributed by atoms with Gasteiger partial charge in [-0.2, -0.15) is 0 Å². The van der Waals surface area contributed by atoms with Gasteiger partial charge in [-0.05, 0) is 55.5 Å². The van der Waals surface area contributed by atoms with Crippen LogP contribution in [0.1, 0.15) is 62.3 Å². The Morgan fingerprint density at radius 2 is 0.519 bits per heavy atom. The van der Waals surface area contributed by atoms with Crippen LogP contribution in [-0.4, -0.2) is 77.5 Å². The van der Waals surface area contributed by atoms with Crippen molar-refractivity contribution in [2.45, 2.75) is 82.0 Å². The van der Waals surface area contributed by atoms with Crippen molar-refractivity contribution in [1.82, 2.24) is 0 Å². The molecule has 0 saturated heterocycles. The molecular formula is C21H54CuP3SeSi. The molecule has 0 rings (SSSR count). The van der Waals surface area contributed by atoms with Crippen LogP contribution in [-0.2, 0) is 17.1 Å². The van der Waals surface area contributed by atoms with Gasteiger partial charge in [-0.3, -0.25) is 0 Å². The maximum atomic E-state index is 3.12. The summed E-state index contributed by atoms with van der Waals surface area (Å²) in [5.74, 6) is 0. The zero-order valence-corrected chi connectivity index (χ0v) is 27.3. The van der Waals surface area contributed by atoms with E-state index in [0.717, 1.165) is 0 Å². The molecule has 0 saturated carbocycles. The summed E-state index contributed by atoms with van der Waals surface area (Å²) in [6.45, 7) is 26.7. The molecule has 0 unspecified atom stereocenters. The summed E-state index contributed by atoms with van der Waals surface area (Å²) in [7, 11) is 1.34. The van der Waals surface area contributed by atoms with Gasteiger partial charge in [0.25, 0.3) is 0 Å². The van der Waals surface area contributed by atoms with Gasteiger partial charge >= 0.3 is 58.8 Å². The first kappa shape index (κ1) is 40.0. The number of hydrogen-bond acceptors (Lipinski definition) is 0. The molecular weight excluding hydrogens is 516 g/mol. The van der Waals surface area contributed by atoms with Crippen LogP contribution in [0.5, 0.6) is 0 Å². The first-order chi connectivity index (χ1) is 12.0. The maximum absolute atomic E-state index is 3.12. The largest absolute Gasteiger partial charge is 1.00 e. The van der Waals surface area contributed by atoms with Gasteiger partial charge in [-0.1, -0.05) is 62.3 Å². The number of hydrogen-bond donors (Lipinski definition) is 0. The summed E-state index contributed by atoms with van der Waals surface area (Å²) in [4.78, 5) is 0. The van der Waals surface area contributed by atoms with E-state index in [1.807, 2.05) is 0 Å². The Kier molecular flexibility index (Phi) is 45.5. The zero-order valence-electron chi connectivity index (χ0n) is 20.9. The van der Waals surface area contributed by atoms with E-state index in [9.17, 15) is 0 Å². The predicted octanol–water partition coefficient (Wildman–Crippen LogP) is 8.57. The Labute approximate surface area is 199 Å². The molecule has 0 radical (unpaired) electrons. The summed E-state index contributed by atoms with van der Waals surface area (Å²) in [5.41, 5.74) is 0. The Balaban J connectivity index is -0.0000000793. The minimum absolute atomic E-state index is 0. The fraction of sp³-hybridized carbons (Fsp3) is 1.00. The van der Waals surface area contributed by atoms with Crippen molar-refractivity contribution >= 4 is 45.8 Å². The third kappa shape index (κ3) is 47.7. The number of rotatable bonds is 9. The van der Waals surface area contributed by atoms with Gasteiger partial charge in [0.1, 0.15) is 0 Å². The van der Waals surface area contributed by atoms with E-state index >= 15 is 0 Å². The van der Waals surface area contributed by atoms with Crippen LogP contribution in [0.25, 0.3) is 0 Å². The summed E-state index contributed by atoms with van der Waals surface area (Å²) < 4.78 is 0. The van der Waals surface area contributed by atoms with Gasteiger partial charge in [-0.25, -0.2) is 0 Å². The monoisotopic (exact) mass is 570 g/mol. The van der Waals surface area contributed by atoms with E-state index in [2.05, 4.69) is 97.3 Å². The molecule has 0 amide bonds. The summed E-state index contributed by atoms with van der Waals surface area (Å²) in [5, 5.41) is 0. The van der Waals surface area contributed by atoms with Crippen LogP contribution in [0.2, 0.25) is 19.6 Å². The molecule has 0 N–H and O–H groups in total. The van der Waals surface area contributed by atoms with Crippen LogP contribution in [0.4, 0.5) is 0 Å². The molecule has 174 valence electrons. The van der Waals surface area contributed by atoms with Crippen LogP contribution in [0.3, 0.4) is 0 Å². The normalized spacial score (nSPS) is 10.2. The molecule has 6 heteroatoms. The van der Waals surface area contributed by atoms with Gasteiger partial charge in [0.15, 0.2) is 0 Å². The average Bonchev–Trinajstić information content (AvgIpc) is 2.59. The Hall–Kier alpha value is 2.55. The van der Waals surface area contributed by atoms with Crippen molar-refractivity contribution < 1.29 is 17.1 Å². The van der Waals surface area contributed by atoms with Crippen molar-refractivity contribution in [1.29, 1.82) is 0 Å². The van der Waals surface area contributed by atoms with E-state index in [1.54, 1.807) is 0 Å². The van der Waals surface area contributed by atoms with Crippen molar-refractivity contribution in [2.24, 2.45) is 0 Å². The van der Waals surface area contributed by atoms with Gasteiger partial charge < -0.3 is 0 Å². The Morgan fingerprint density at radius 3 is 0.519 bits per heavy atom. The van der Waals surface area contributed by atoms with Crippen molar-refractivity contribution in [3.8, 4) is 0 Å². The molecule has 27 heavy (non-hydrogen) atoms. The smallest absolute Gasteiger partial charge is 1.00 e. The van der Waals surface area contributed by atoms with E-state index in [0.29, 0.717) is 23.8 Å². The SMILES string of the molecule is CCP(CC)CC.CCP(CC)CC.CCP(CC)CC.C[Si](C)(C)[Se-].[Cu+].